The van der Waals surface area contributed by atoms with Gasteiger partial charge < -0.3 is 4.52 Å². The third-order valence-electron chi connectivity index (χ3n) is 5.22. The third kappa shape index (κ3) is 5.57. The van der Waals surface area contributed by atoms with E-state index in [-0.39, 0.29) is 12.2 Å². The zero-order valence-electron chi connectivity index (χ0n) is 15.3. The van der Waals surface area contributed by atoms with Crippen LogP contribution in [0.5, 0.6) is 5.75 Å². The maximum Gasteiger partial charge on any atom is 0.530 e. The van der Waals surface area contributed by atoms with Gasteiger partial charge in [0, 0.05) is 0 Å². The zero-order valence-corrected chi connectivity index (χ0v) is 16.2. The summed E-state index contributed by atoms with van der Waals surface area (Å²) in [4.78, 5) is 0. The van der Waals surface area contributed by atoms with Crippen molar-refractivity contribution in [2.75, 3.05) is 0 Å². The van der Waals surface area contributed by atoms with Gasteiger partial charge in [0.05, 0.1) is 12.2 Å². The lowest BCUT2D eigenvalue weighted by Gasteiger charge is -2.30. The molecular weight excluding hydrogens is 335 g/mol. The van der Waals surface area contributed by atoms with Crippen LogP contribution in [0.1, 0.15) is 76.7 Å². The van der Waals surface area contributed by atoms with E-state index in [4.69, 9.17) is 13.6 Å². The molecule has 1 aromatic carbocycles. The predicted octanol–water partition coefficient (Wildman–Crippen LogP) is 6.43. The summed E-state index contributed by atoms with van der Waals surface area (Å²) in [6, 6.07) is 7.74. The van der Waals surface area contributed by atoms with Crippen molar-refractivity contribution in [3.63, 3.8) is 0 Å². The molecule has 0 spiro atoms. The van der Waals surface area contributed by atoms with Crippen LogP contribution in [-0.2, 0) is 20.0 Å². The maximum absolute atomic E-state index is 13.5. The van der Waals surface area contributed by atoms with Crippen LogP contribution in [0.4, 0.5) is 0 Å². The van der Waals surface area contributed by atoms with Crippen LogP contribution in [0.25, 0.3) is 0 Å². The van der Waals surface area contributed by atoms with Gasteiger partial charge in [-0.05, 0) is 43.7 Å². The van der Waals surface area contributed by atoms with Gasteiger partial charge in [-0.3, -0.25) is 9.05 Å². The van der Waals surface area contributed by atoms with Gasteiger partial charge in [0.15, 0.2) is 0 Å². The summed E-state index contributed by atoms with van der Waals surface area (Å²) in [6.07, 6.45) is 11.5. The molecule has 4 nitrogen and oxygen atoms in total. The summed E-state index contributed by atoms with van der Waals surface area (Å²) >= 11 is 0. The Balaban J connectivity index is 1.75. The third-order valence-corrected chi connectivity index (χ3v) is 6.76. The van der Waals surface area contributed by atoms with E-state index >= 15 is 0 Å². The molecule has 0 aliphatic heterocycles. The van der Waals surface area contributed by atoms with Crippen molar-refractivity contribution in [3.8, 4) is 5.75 Å². The van der Waals surface area contributed by atoms with E-state index in [1.807, 2.05) is 24.3 Å². The molecule has 0 unspecified atom stereocenters. The smallest absolute Gasteiger partial charge is 0.404 e. The number of rotatable bonds is 7. The molecule has 3 rings (SSSR count). The number of hydrogen-bond acceptors (Lipinski definition) is 4. The minimum Gasteiger partial charge on any atom is -0.404 e. The molecule has 2 aliphatic carbocycles. The lowest BCUT2D eigenvalue weighted by atomic mass is 9.98. The van der Waals surface area contributed by atoms with Crippen LogP contribution in [-0.4, -0.2) is 12.2 Å². The van der Waals surface area contributed by atoms with E-state index < -0.39 is 7.82 Å². The summed E-state index contributed by atoms with van der Waals surface area (Å²) in [5, 5.41) is 0. The molecule has 0 saturated heterocycles. The SMILES string of the molecule is CCc1ccccc1OP(=O)(OC1CCCCC1)OC1CCCCC1. The molecule has 140 valence electrons. The first-order chi connectivity index (χ1) is 12.2. The van der Waals surface area contributed by atoms with Crippen molar-refractivity contribution >= 4 is 7.82 Å². The lowest BCUT2D eigenvalue weighted by Crippen LogP contribution is -2.22. The summed E-state index contributed by atoms with van der Waals surface area (Å²) < 4.78 is 31.5. The Hall–Kier alpha value is -0.830. The standard InChI is InChI=1S/C20H31O4P/c1-2-17-11-9-10-16-20(17)24-25(21,22-18-12-5-3-6-13-18)23-19-14-7-4-8-15-19/h9-11,16,18-19H,2-8,12-15H2,1H3. The fraction of sp³-hybridized carbons (Fsp3) is 0.700. The second kappa shape index (κ2) is 9.21. The lowest BCUT2D eigenvalue weighted by molar-refractivity contribution is 0.0512. The molecule has 2 aliphatic rings. The first-order valence-corrected chi connectivity index (χ1v) is 11.4. The van der Waals surface area contributed by atoms with Crippen molar-refractivity contribution < 1.29 is 18.1 Å². The second-order valence-electron chi connectivity index (χ2n) is 7.23. The molecule has 0 aromatic heterocycles. The van der Waals surface area contributed by atoms with Gasteiger partial charge in [-0.1, -0.05) is 63.6 Å². The number of para-hydroxylation sites is 1. The highest BCUT2D eigenvalue weighted by Gasteiger charge is 2.37. The number of benzene rings is 1. The van der Waals surface area contributed by atoms with Crippen molar-refractivity contribution in [2.24, 2.45) is 0 Å². The molecular formula is C20H31O4P. The molecule has 2 saturated carbocycles. The molecule has 0 radical (unpaired) electrons. The van der Waals surface area contributed by atoms with Gasteiger partial charge in [-0.15, -0.1) is 0 Å². The predicted molar refractivity (Wildman–Crippen MR) is 100.0 cm³/mol. The fourth-order valence-corrected chi connectivity index (χ4v) is 5.49. The molecule has 1 aromatic rings. The molecule has 5 heteroatoms. The van der Waals surface area contributed by atoms with Crippen molar-refractivity contribution in [3.05, 3.63) is 29.8 Å². The molecule has 0 amide bonds. The highest BCUT2D eigenvalue weighted by molar-refractivity contribution is 7.49. The Labute approximate surface area is 151 Å². The Morgan fingerprint density at radius 2 is 1.40 bits per heavy atom. The van der Waals surface area contributed by atoms with Crippen molar-refractivity contribution in [1.82, 2.24) is 0 Å². The van der Waals surface area contributed by atoms with Crippen LogP contribution in [0.3, 0.4) is 0 Å². The second-order valence-corrected chi connectivity index (χ2v) is 8.73. The molecule has 25 heavy (non-hydrogen) atoms. The summed E-state index contributed by atoms with van der Waals surface area (Å²) in [5.41, 5.74) is 1.03. The van der Waals surface area contributed by atoms with Gasteiger partial charge in [-0.2, -0.15) is 0 Å². The Morgan fingerprint density at radius 3 is 1.92 bits per heavy atom. The first-order valence-electron chi connectivity index (χ1n) is 9.93. The molecule has 2 fully saturated rings. The van der Waals surface area contributed by atoms with Crippen molar-refractivity contribution in [1.29, 1.82) is 0 Å². The number of hydrogen-bond donors (Lipinski definition) is 0. The summed E-state index contributed by atoms with van der Waals surface area (Å²) in [6.45, 7) is 2.07. The number of aryl methyl sites for hydroxylation is 1. The summed E-state index contributed by atoms with van der Waals surface area (Å²) in [7, 11) is -3.62. The van der Waals surface area contributed by atoms with E-state index in [1.54, 1.807) is 0 Å². The van der Waals surface area contributed by atoms with Crippen LogP contribution >= 0.6 is 7.82 Å². The van der Waals surface area contributed by atoms with E-state index in [1.165, 1.54) is 12.8 Å². The van der Waals surface area contributed by atoms with Gasteiger partial charge in [0.25, 0.3) is 0 Å². The first kappa shape index (κ1) is 18.9. The van der Waals surface area contributed by atoms with Crippen LogP contribution in [0.15, 0.2) is 24.3 Å². The Kier molecular flexibility index (Phi) is 6.98. The topological polar surface area (TPSA) is 44.8 Å². The highest BCUT2D eigenvalue weighted by Crippen LogP contribution is 2.54. The van der Waals surface area contributed by atoms with E-state index in [9.17, 15) is 4.57 Å². The Bertz CT molecular complexity index is 553. The van der Waals surface area contributed by atoms with Crippen LogP contribution in [0, 0.1) is 0 Å². The van der Waals surface area contributed by atoms with Gasteiger partial charge in [0.1, 0.15) is 5.75 Å². The van der Waals surface area contributed by atoms with Gasteiger partial charge >= 0.3 is 7.82 Å². The minimum absolute atomic E-state index is 0.0167. The number of phosphoric acid groups is 1. The monoisotopic (exact) mass is 366 g/mol. The largest absolute Gasteiger partial charge is 0.530 e. The van der Waals surface area contributed by atoms with Crippen LogP contribution < -0.4 is 4.52 Å². The maximum atomic E-state index is 13.5. The summed E-state index contributed by atoms with van der Waals surface area (Å²) in [5.74, 6) is 0.625. The van der Waals surface area contributed by atoms with Gasteiger partial charge in [0.2, 0.25) is 0 Å². The van der Waals surface area contributed by atoms with E-state index in [0.717, 1.165) is 63.4 Å². The van der Waals surface area contributed by atoms with Crippen molar-refractivity contribution in [2.45, 2.75) is 89.8 Å². The van der Waals surface area contributed by atoms with Crippen LogP contribution in [0.2, 0.25) is 0 Å². The zero-order chi connectivity index (χ0) is 17.5. The average molecular weight is 366 g/mol. The minimum atomic E-state index is -3.62. The fourth-order valence-electron chi connectivity index (χ4n) is 3.78. The average Bonchev–Trinajstić information content (AvgIpc) is 2.63. The highest BCUT2D eigenvalue weighted by atomic mass is 31.2. The normalized spacial score (nSPS) is 20.5. The molecule has 0 N–H and O–H groups in total. The Morgan fingerprint density at radius 1 is 0.880 bits per heavy atom. The van der Waals surface area contributed by atoms with Gasteiger partial charge in [-0.25, -0.2) is 4.57 Å². The quantitative estimate of drug-likeness (QED) is 0.521. The molecule has 0 bridgehead atoms. The van der Waals surface area contributed by atoms with E-state index in [0.29, 0.717) is 5.75 Å². The van der Waals surface area contributed by atoms with E-state index in [2.05, 4.69) is 6.92 Å². The molecule has 0 atom stereocenters. The molecule has 0 heterocycles. The number of phosphoric ester groups is 1.